The van der Waals surface area contributed by atoms with Gasteiger partial charge in [-0.05, 0) is 43.5 Å². The Hall–Kier alpha value is -2.41. The van der Waals surface area contributed by atoms with Crippen molar-refractivity contribution in [1.82, 2.24) is 10.6 Å². The number of hydrogen-bond donors (Lipinski definition) is 2. The van der Waals surface area contributed by atoms with Crippen LogP contribution in [0.5, 0.6) is 5.75 Å². The van der Waals surface area contributed by atoms with Gasteiger partial charge in [-0.25, -0.2) is 4.90 Å². The number of carbonyl (C=O) groups excluding carboxylic acids is 3. The van der Waals surface area contributed by atoms with Gasteiger partial charge >= 0.3 is 0 Å². The molecule has 0 radical (unpaired) electrons. The standard InChI is InChI=1S/C17H21N3O4/c1-24-12-8-6-11(7-9-12)20-16(22)10-13(17(20)23)18-14-4-2-3-5-15(21)19-14/h6-9,13-14,18H,2-5,10H2,1H3,(H,19,21)/t13-,14+/m1/s1. The van der Waals surface area contributed by atoms with E-state index in [0.717, 1.165) is 19.3 Å². The molecule has 0 aromatic heterocycles. The van der Waals surface area contributed by atoms with Gasteiger partial charge in [0.2, 0.25) is 11.8 Å². The number of amides is 3. The predicted octanol–water partition coefficient (Wildman–Crippen LogP) is 0.933. The van der Waals surface area contributed by atoms with Crippen LogP contribution in [0, 0.1) is 0 Å². The van der Waals surface area contributed by atoms with E-state index in [2.05, 4.69) is 10.6 Å². The van der Waals surface area contributed by atoms with Gasteiger partial charge in [0.25, 0.3) is 5.91 Å². The van der Waals surface area contributed by atoms with Crippen LogP contribution in [0.15, 0.2) is 24.3 Å². The molecule has 3 amide bonds. The first-order valence-corrected chi connectivity index (χ1v) is 8.15. The number of anilines is 1. The molecule has 2 heterocycles. The molecule has 2 aliphatic heterocycles. The zero-order chi connectivity index (χ0) is 17.1. The first-order chi connectivity index (χ1) is 11.6. The van der Waals surface area contributed by atoms with Gasteiger partial charge in [-0.1, -0.05) is 0 Å². The summed E-state index contributed by atoms with van der Waals surface area (Å²) in [5.41, 5.74) is 0.528. The van der Waals surface area contributed by atoms with Crippen molar-refractivity contribution >= 4 is 23.4 Å². The molecule has 0 unspecified atom stereocenters. The van der Waals surface area contributed by atoms with E-state index in [1.165, 1.54) is 4.90 Å². The van der Waals surface area contributed by atoms with Gasteiger partial charge in [-0.15, -0.1) is 0 Å². The van der Waals surface area contributed by atoms with Gasteiger partial charge in [0.1, 0.15) is 5.75 Å². The molecule has 7 nitrogen and oxygen atoms in total. The third-order valence-electron chi connectivity index (χ3n) is 4.36. The zero-order valence-electron chi connectivity index (χ0n) is 13.6. The van der Waals surface area contributed by atoms with Gasteiger partial charge in [-0.3, -0.25) is 19.7 Å². The van der Waals surface area contributed by atoms with Crippen molar-refractivity contribution in [2.45, 2.75) is 44.3 Å². The molecule has 2 aliphatic rings. The van der Waals surface area contributed by atoms with Crippen molar-refractivity contribution in [1.29, 1.82) is 0 Å². The summed E-state index contributed by atoms with van der Waals surface area (Å²) in [6, 6.07) is 6.18. The quantitative estimate of drug-likeness (QED) is 0.802. The van der Waals surface area contributed by atoms with Crippen LogP contribution < -0.4 is 20.3 Å². The number of carbonyl (C=O) groups is 3. The predicted molar refractivity (Wildman–Crippen MR) is 87.4 cm³/mol. The van der Waals surface area contributed by atoms with Gasteiger partial charge in [0.15, 0.2) is 0 Å². The maximum Gasteiger partial charge on any atom is 0.251 e. The van der Waals surface area contributed by atoms with Crippen molar-refractivity contribution < 1.29 is 19.1 Å². The number of ether oxygens (including phenoxy) is 1. The number of rotatable bonds is 4. The molecule has 0 aliphatic carbocycles. The molecular formula is C17H21N3O4. The Kier molecular flexibility index (Phi) is 4.80. The minimum absolute atomic E-state index is 0.0196. The summed E-state index contributed by atoms with van der Waals surface area (Å²) in [5, 5.41) is 5.98. The monoisotopic (exact) mass is 331 g/mol. The molecule has 2 N–H and O–H groups in total. The SMILES string of the molecule is COc1ccc(N2C(=O)C[C@@H](N[C@@H]3CCCCC(=O)N3)C2=O)cc1. The Balaban J connectivity index is 1.70. The molecule has 2 atom stereocenters. The molecule has 0 bridgehead atoms. The van der Waals surface area contributed by atoms with Crippen LogP contribution in [0.3, 0.4) is 0 Å². The molecule has 0 spiro atoms. The fourth-order valence-electron chi connectivity index (χ4n) is 3.11. The van der Waals surface area contributed by atoms with Crippen LogP contribution in [0.4, 0.5) is 5.69 Å². The van der Waals surface area contributed by atoms with Crippen molar-refractivity contribution in [3.8, 4) is 5.75 Å². The molecule has 2 saturated heterocycles. The van der Waals surface area contributed by atoms with Crippen molar-refractivity contribution in [3.05, 3.63) is 24.3 Å². The van der Waals surface area contributed by atoms with Gasteiger partial charge < -0.3 is 10.1 Å². The Labute approximate surface area is 140 Å². The molecule has 2 fully saturated rings. The lowest BCUT2D eigenvalue weighted by Gasteiger charge is -2.21. The number of nitrogens with zero attached hydrogens (tertiary/aromatic N) is 1. The lowest BCUT2D eigenvalue weighted by Crippen LogP contribution is -2.51. The highest BCUT2D eigenvalue weighted by molar-refractivity contribution is 6.22. The lowest BCUT2D eigenvalue weighted by molar-refractivity contribution is -0.123. The van der Waals surface area contributed by atoms with Gasteiger partial charge in [0, 0.05) is 6.42 Å². The minimum atomic E-state index is -0.608. The largest absolute Gasteiger partial charge is 0.497 e. The van der Waals surface area contributed by atoms with E-state index < -0.39 is 6.04 Å². The molecule has 3 rings (SSSR count). The first-order valence-electron chi connectivity index (χ1n) is 8.15. The topological polar surface area (TPSA) is 87.7 Å². The van der Waals surface area contributed by atoms with E-state index in [0.29, 0.717) is 17.9 Å². The molecule has 1 aromatic rings. The average Bonchev–Trinajstić information content (AvgIpc) is 2.73. The maximum absolute atomic E-state index is 12.6. The van der Waals surface area contributed by atoms with Crippen LogP contribution in [0.25, 0.3) is 0 Å². The van der Waals surface area contributed by atoms with E-state index in [1.807, 2.05) is 0 Å². The summed E-state index contributed by atoms with van der Waals surface area (Å²) in [4.78, 5) is 37.7. The van der Waals surface area contributed by atoms with Gasteiger partial charge in [0.05, 0.1) is 31.4 Å². The lowest BCUT2D eigenvalue weighted by atomic mass is 10.2. The number of hydrogen-bond acceptors (Lipinski definition) is 5. The second-order valence-corrected chi connectivity index (χ2v) is 6.05. The Morgan fingerprint density at radius 2 is 1.92 bits per heavy atom. The summed E-state index contributed by atoms with van der Waals surface area (Å²) < 4.78 is 5.09. The molecule has 24 heavy (non-hydrogen) atoms. The van der Waals surface area contributed by atoms with Crippen molar-refractivity contribution in [2.75, 3.05) is 12.0 Å². The Morgan fingerprint density at radius 1 is 1.17 bits per heavy atom. The maximum atomic E-state index is 12.6. The number of methoxy groups -OCH3 is 1. The third kappa shape index (κ3) is 3.41. The molecule has 0 saturated carbocycles. The minimum Gasteiger partial charge on any atom is -0.497 e. The second-order valence-electron chi connectivity index (χ2n) is 6.05. The molecule has 7 heteroatoms. The smallest absolute Gasteiger partial charge is 0.251 e. The van der Waals surface area contributed by atoms with Crippen molar-refractivity contribution in [2.24, 2.45) is 0 Å². The molecule has 128 valence electrons. The summed E-state index contributed by atoms with van der Waals surface area (Å²) >= 11 is 0. The molecule has 1 aromatic carbocycles. The second kappa shape index (κ2) is 7.00. The highest BCUT2D eigenvalue weighted by atomic mass is 16.5. The van der Waals surface area contributed by atoms with Crippen LogP contribution in [0.1, 0.15) is 32.1 Å². The van der Waals surface area contributed by atoms with Crippen LogP contribution in [-0.2, 0) is 14.4 Å². The Bertz CT molecular complexity index is 644. The van der Waals surface area contributed by atoms with Gasteiger partial charge in [-0.2, -0.15) is 0 Å². The summed E-state index contributed by atoms with van der Waals surface area (Å²) in [6.45, 7) is 0. The highest BCUT2D eigenvalue weighted by Crippen LogP contribution is 2.25. The zero-order valence-corrected chi connectivity index (χ0v) is 13.6. The first kappa shape index (κ1) is 16.4. The normalized spacial score (nSPS) is 24.7. The molecular weight excluding hydrogens is 310 g/mol. The average molecular weight is 331 g/mol. The van der Waals surface area contributed by atoms with Crippen LogP contribution in [-0.4, -0.2) is 37.0 Å². The summed E-state index contributed by atoms with van der Waals surface area (Å²) in [6.07, 6.45) is 2.85. The van der Waals surface area contributed by atoms with Crippen LogP contribution >= 0.6 is 0 Å². The van der Waals surface area contributed by atoms with Crippen molar-refractivity contribution in [3.63, 3.8) is 0 Å². The van der Waals surface area contributed by atoms with Crippen LogP contribution in [0.2, 0.25) is 0 Å². The van der Waals surface area contributed by atoms with E-state index in [-0.39, 0.29) is 30.3 Å². The number of benzene rings is 1. The van der Waals surface area contributed by atoms with E-state index >= 15 is 0 Å². The number of imide groups is 1. The highest BCUT2D eigenvalue weighted by Gasteiger charge is 2.40. The summed E-state index contributed by atoms with van der Waals surface area (Å²) in [5.74, 6) is 0.105. The van der Waals surface area contributed by atoms with E-state index in [9.17, 15) is 14.4 Å². The van der Waals surface area contributed by atoms with E-state index in [1.54, 1.807) is 31.4 Å². The third-order valence-corrected chi connectivity index (χ3v) is 4.36. The summed E-state index contributed by atoms with van der Waals surface area (Å²) in [7, 11) is 1.56. The fourth-order valence-corrected chi connectivity index (χ4v) is 3.11. The fraction of sp³-hybridized carbons (Fsp3) is 0.471. The number of nitrogens with one attached hydrogen (secondary N) is 2. The van der Waals surface area contributed by atoms with E-state index in [4.69, 9.17) is 4.74 Å². The Morgan fingerprint density at radius 3 is 2.62 bits per heavy atom.